The van der Waals surface area contributed by atoms with E-state index in [-0.39, 0.29) is 56.5 Å². The van der Waals surface area contributed by atoms with Crippen LogP contribution in [0.5, 0.6) is 0 Å². The number of methoxy groups -OCH3 is 1. The average Bonchev–Trinajstić information content (AvgIpc) is 3.56. The third-order valence-corrected chi connectivity index (χ3v) is 16.7. The van der Waals surface area contributed by atoms with Gasteiger partial charge in [-0.15, -0.1) is 16.9 Å². The van der Waals surface area contributed by atoms with Gasteiger partial charge in [0, 0.05) is 22.9 Å². The number of nitrogens with zero attached hydrogens (tertiary/aromatic N) is 3. The van der Waals surface area contributed by atoms with Gasteiger partial charge in [-0.3, -0.25) is 9.59 Å². The molecule has 51 heavy (non-hydrogen) atoms. The van der Waals surface area contributed by atoms with E-state index in [1.165, 1.54) is 11.3 Å². The molecule has 8 heteroatoms. The lowest BCUT2D eigenvalue weighted by Crippen LogP contribution is -2.65. The van der Waals surface area contributed by atoms with Crippen molar-refractivity contribution in [2.75, 3.05) is 7.11 Å². The summed E-state index contributed by atoms with van der Waals surface area (Å²) in [6, 6.07) is 10.3. The first-order valence-corrected chi connectivity index (χ1v) is 20.6. The molecule has 2 aromatic rings. The number of rotatable bonds is 8. The molecule has 7 nitrogen and oxygen atoms in total. The van der Waals surface area contributed by atoms with Crippen LogP contribution in [0.4, 0.5) is 0 Å². The number of esters is 2. The number of fused-ring (bicyclic) bond motifs is 7. The van der Waals surface area contributed by atoms with Gasteiger partial charge in [0.2, 0.25) is 0 Å². The zero-order valence-electron chi connectivity index (χ0n) is 32.4. The summed E-state index contributed by atoms with van der Waals surface area (Å²) in [5, 5.41) is 8.61. The fourth-order valence-corrected chi connectivity index (χ4v) is 13.4. The van der Waals surface area contributed by atoms with E-state index in [0.717, 1.165) is 63.5 Å². The highest BCUT2D eigenvalue weighted by Crippen LogP contribution is 2.76. The minimum absolute atomic E-state index is 0.0211. The zero-order chi connectivity index (χ0) is 36.5. The van der Waals surface area contributed by atoms with Crippen LogP contribution in [0.25, 0.3) is 0 Å². The van der Waals surface area contributed by atoms with Crippen molar-refractivity contribution < 1.29 is 19.1 Å². The van der Waals surface area contributed by atoms with Crippen molar-refractivity contribution in [3.05, 3.63) is 53.9 Å². The third kappa shape index (κ3) is 6.02. The molecule has 4 saturated carbocycles. The highest BCUT2D eigenvalue weighted by Gasteiger charge is 2.69. The van der Waals surface area contributed by atoms with Gasteiger partial charge in [0.1, 0.15) is 6.10 Å². The van der Waals surface area contributed by atoms with Crippen molar-refractivity contribution in [2.24, 2.45) is 50.2 Å². The highest BCUT2D eigenvalue weighted by molar-refractivity contribution is 7.98. The molecule has 0 unspecified atom stereocenters. The molecule has 5 aliphatic rings. The number of benzene rings is 1. The molecule has 1 aromatic heterocycles. The van der Waals surface area contributed by atoms with Gasteiger partial charge in [0.25, 0.3) is 0 Å². The minimum Gasteiger partial charge on any atom is -0.469 e. The molecule has 1 aromatic carbocycles. The van der Waals surface area contributed by atoms with E-state index in [2.05, 4.69) is 77.0 Å². The summed E-state index contributed by atoms with van der Waals surface area (Å²) < 4.78 is 13.8. The highest BCUT2D eigenvalue weighted by atomic mass is 32.2. The molecule has 7 rings (SSSR count). The Labute approximate surface area is 310 Å². The molecule has 0 saturated heterocycles. The normalized spacial score (nSPS) is 37.8. The Morgan fingerprint density at radius 1 is 0.922 bits per heavy atom. The Kier molecular flexibility index (Phi) is 9.40. The molecule has 8 atom stereocenters. The van der Waals surface area contributed by atoms with Crippen LogP contribution in [0, 0.1) is 50.2 Å². The number of carbonyl (C=O) groups excluding carboxylic acids is 2. The molecule has 0 radical (unpaired) electrons. The standard InChI is InChI=1S/C43H61N3O4S/c1-38(2)22-24-43(37(48)49-8)25-23-41(6)31(32(43)26-38)15-16-34-40(5)20-19-35(39(3,4)33(40)18-21-42(34,41)7)50-36(47)17-14-29-27-46(45-44-29)28-51-30-12-10-9-11-13-30/h9-13,15,27,32-35H,14,16-26,28H2,1-8H3/t32-,33-,34+,35-,40-,41+,42+,43-/m0/s1. The monoisotopic (exact) mass is 715 g/mol. The molecule has 5 aliphatic carbocycles. The van der Waals surface area contributed by atoms with E-state index < -0.39 is 0 Å². The largest absolute Gasteiger partial charge is 0.469 e. The quantitative estimate of drug-likeness (QED) is 0.153. The summed E-state index contributed by atoms with van der Waals surface area (Å²) in [5.41, 5.74) is 2.51. The lowest BCUT2D eigenvalue weighted by molar-refractivity contribution is -0.214. The van der Waals surface area contributed by atoms with Crippen LogP contribution in [0.1, 0.15) is 125 Å². The lowest BCUT2D eigenvalue weighted by Gasteiger charge is -2.71. The molecule has 0 bridgehead atoms. The van der Waals surface area contributed by atoms with Crippen LogP contribution in [0.3, 0.4) is 0 Å². The number of allylic oxidation sites excluding steroid dienone is 2. The summed E-state index contributed by atoms with van der Waals surface area (Å²) in [5.74, 6) is 1.86. The fourth-order valence-electron chi connectivity index (χ4n) is 12.6. The first-order valence-electron chi connectivity index (χ1n) is 19.6. The number of hydrogen-bond acceptors (Lipinski definition) is 7. The summed E-state index contributed by atoms with van der Waals surface area (Å²) in [6.45, 7) is 17.3. The Balaban J connectivity index is 1.04. The van der Waals surface area contributed by atoms with Gasteiger partial charge in [-0.05, 0) is 116 Å². The van der Waals surface area contributed by atoms with Gasteiger partial charge >= 0.3 is 11.9 Å². The average molecular weight is 716 g/mol. The van der Waals surface area contributed by atoms with E-state index in [4.69, 9.17) is 9.47 Å². The molecule has 0 amide bonds. The second-order valence-corrected chi connectivity index (χ2v) is 20.1. The predicted octanol–water partition coefficient (Wildman–Crippen LogP) is 9.85. The number of thioether (sulfide) groups is 1. The lowest BCUT2D eigenvalue weighted by atomic mass is 9.33. The Hall–Kier alpha value is -2.61. The van der Waals surface area contributed by atoms with Crippen molar-refractivity contribution >= 4 is 23.7 Å². The third-order valence-electron chi connectivity index (χ3n) is 15.7. The van der Waals surface area contributed by atoms with Crippen LogP contribution in [-0.2, 0) is 31.4 Å². The second-order valence-electron chi connectivity index (χ2n) is 19.0. The van der Waals surface area contributed by atoms with E-state index in [1.807, 2.05) is 29.1 Å². The van der Waals surface area contributed by atoms with E-state index in [0.29, 0.717) is 30.6 Å². The predicted molar refractivity (Wildman–Crippen MR) is 202 cm³/mol. The van der Waals surface area contributed by atoms with Gasteiger partial charge < -0.3 is 9.47 Å². The van der Waals surface area contributed by atoms with E-state index in [9.17, 15) is 9.59 Å². The van der Waals surface area contributed by atoms with E-state index >= 15 is 0 Å². The van der Waals surface area contributed by atoms with Gasteiger partial charge in [-0.1, -0.05) is 83.5 Å². The topological polar surface area (TPSA) is 83.3 Å². The van der Waals surface area contributed by atoms with Crippen LogP contribution in [0.15, 0.2) is 53.1 Å². The number of carbonyl (C=O) groups is 2. The number of ether oxygens (including phenoxy) is 2. The van der Waals surface area contributed by atoms with Gasteiger partial charge in [-0.25, -0.2) is 4.68 Å². The second kappa shape index (κ2) is 13.1. The molecule has 0 aliphatic heterocycles. The smallest absolute Gasteiger partial charge is 0.312 e. The summed E-state index contributed by atoms with van der Waals surface area (Å²) in [6.07, 6.45) is 15.8. The van der Waals surface area contributed by atoms with Gasteiger partial charge in [0.15, 0.2) is 0 Å². The van der Waals surface area contributed by atoms with Crippen LogP contribution in [-0.4, -0.2) is 40.1 Å². The zero-order valence-corrected chi connectivity index (χ0v) is 33.2. The summed E-state index contributed by atoms with van der Waals surface area (Å²) >= 11 is 1.71. The fraction of sp³-hybridized carbons (Fsp3) is 0.721. The van der Waals surface area contributed by atoms with E-state index in [1.54, 1.807) is 24.4 Å². The van der Waals surface area contributed by atoms with Gasteiger partial charge in [-0.2, -0.15) is 0 Å². The SMILES string of the molecule is COC(=O)[C@]12CCC(C)(C)C[C@H]1C1=CC[C@@H]3[C@@]4(C)CC[C@H](OC(=O)CCc5cn(CSc6ccccc6)nn5)C(C)(C)[C@@H]4CC[C@@]3(C)[C@]1(C)CC2. The van der Waals surface area contributed by atoms with Crippen molar-refractivity contribution in [3.63, 3.8) is 0 Å². The van der Waals surface area contributed by atoms with Crippen LogP contribution < -0.4 is 0 Å². The molecule has 278 valence electrons. The molecule has 1 heterocycles. The summed E-state index contributed by atoms with van der Waals surface area (Å²) in [7, 11) is 1.59. The number of aromatic nitrogens is 3. The molecule has 0 N–H and O–H groups in total. The summed E-state index contributed by atoms with van der Waals surface area (Å²) in [4.78, 5) is 28.1. The van der Waals surface area contributed by atoms with Gasteiger partial charge in [0.05, 0.1) is 30.5 Å². The van der Waals surface area contributed by atoms with Crippen molar-refractivity contribution in [1.82, 2.24) is 15.0 Å². The van der Waals surface area contributed by atoms with Crippen LogP contribution >= 0.6 is 11.8 Å². The Morgan fingerprint density at radius 2 is 1.67 bits per heavy atom. The number of hydrogen-bond donors (Lipinski definition) is 0. The van der Waals surface area contributed by atoms with Crippen molar-refractivity contribution in [1.29, 1.82) is 0 Å². The maximum absolute atomic E-state index is 13.6. The van der Waals surface area contributed by atoms with Crippen molar-refractivity contribution in [3.8, 4) is 0 Å². The molecule has 4 fully saturated rings. The van der Waals surface area contributed by atoms with Crippen molar-refractivity contribution in [2.45, 2.75) is 142 Å². The maximum Gasteiger partial charge on any atom is 0.312 e. The molecular weight excluding hydrogens is 655 g/mol. The first-order chi connectivity index (χ1) is 24.1. The molecule has 0 spiro atoms. The van der Waals surface area contributed by atoms with Crippen LogP contribution in [0.2, 0.25) is 0 Å². The minimum atomic E-state index is -0.373. The Bertz CT molecular complexity index is 1670. The maximum atomic E-state index is 13.6. The first kappa shape index (κ1) is 36.7. The number of aryl methyl sites for hydroxylation is 1. The Morgan fingerprint density at radius 3 is 2.41 bits per heavy atom. The molecular formula is C43H61N3O4S.